The number of benzene rings is 1. The molecule has 0 spiro atoms. The lowest BCUT2D eigenvalue weighted by Gasteiger charge is -2.31. The van der Waals surface area contributed by atoms with Crippen LogP contribution in [0.2, 0.25) is 0 Å². The Hall–Kier alpha value is -0.860. The highest BCUT2D eigenvalue weighted by molar-refractivity contribution is 5.32. The van der Waals surface area contributed by atoms with Gasteiger partial charge in [0, 0.05) is 13.1 Å². The topological polar surface area (TPSA) is 15.3 Å². The van der Waals surface area contributed by atoms with Crippen molar-refractivity contribution >= 4 is 0 Å². The van der Waals surface area contributed by atoms with Gasteiger partial charge in [-0.15, -0.1) is 0 Å². The SMILES string of the molecule is c1ccc2c(c1)CNCC2CCN1CCCCC1. The van der Waals surface area contributed by atoms with E-state index in [0.717, 1.165) is 19.0 Å². The maximum absolute atomic E-state index is 3.56. The van der Waals surface area contributed by atoms with Gasteiger partial charge in [0.05, 0.1) is 0 Å². The van der Waals surface area contributed by atoms with Crippen LogP contribution in [0.15, 0.2) is 24.3 Å². The highest BCUT2D eigenvalue weighted by atomic mass is 15.1. The molecule has 1 aromatic carbocycles. The molecule has 0 amide bonds. The van der Waals surface area contributed by atoms with Crippen molar-refractivity contribution in [1.82, 2.24) is 10.2 Å². The lowest BCUT2D eigenvalue weighted by atomic mass is 9.88. The summed E-state index contributed by atoms with van der Waals surface area (Å²) in [4.78, 5) is 2.65. The molecule has 2 aliphatic heterocycles. The fourth-order valence-electron chi connectivity index (χ4n) is 3.36. The fourth-order valence-corrected chi connectivity index (χ4v) is 3.36. The summed E-state index contributed by atoms with van der Waals surface area (Å²) in [5.41, 5.74) is 3.10. The number of hydrogen-bond donors (Lipinski definition) is 1. The molecule has 1 N–H and O–H groups in total. The largest absolute Gasteiger partial charge is 0.312 e. The average molecular weight is 244 g/mol. The van der Waals surface area contributed by atoms with Crippen LogP contribution in [-0.2, 0) is 6.54 Å². The van der Waals surface area contributed by atoms with Gasteiger partial charge in [0.15, 0.2) is 0 Å². The van der Waals surface area contributed by atoms with Crippen molar-refractivity contribution in [2.75, 3.05) is 26.2 Å². The third-order valence-corrected chi connectivity index (χ3v) is 4.44. The Bertz CT molecular complexity index is 382. The molecular weight excluding hydrogens is 220 g/mol. The predicted octanol–water partition coefficient (Wildman–Crippen LogP) is 2.75. The predicted molar refractivity (Wildman–Crippen MR) is 75.8 cm³/mol. The zero-order valence-corrected chi connectivity index (χ0v) is 11.2. The quantitative estimate of drug-likeness (QED) is 0.879. The molecule has 0 radical (unpaired) electrons. The molecule has 0 aromatic heterocycles. The van der Waals surface area contributed by atoms with Crippen LogP contribution in [0.25, 0.3) is 0 Å². The summed E-state index contributed by atoms with van der Waals surface area (Å²) in [7, 11) is 0. The van der Waals surface area contributed by atoms with Crippen molar-refractivity contribution in [3.05, 3.63) is 35.4 Å². The van der Waals surface area contributed by atoms with Crippen LogP contribution in [0.1, 0.15) is 42.7 Å². The summed E-state index contributed by atoms with van der Waals surface area (Å²) < 4.78 is 0. The molecule has 2 heterocycles. The second-order valence-corrected chi connectivity index (χ2v) is 5.72. The number of likely N-dealkylation sites (tertiary alicyclic amines) is 1. The van der Waals surface area contributed by atoms with Crippen LogP contribution in [0.4, 0.5) is 0 Å². The minimum atomic E-state index is 0.719. The summed E-state index contributed by atoms with van der Waals surface area (Å²) in [6.45, 7) is 6.13. The molecular formula is C16H24N2. The molecule has 2 heteroatoms. The first-order chi connectivity index (χ1) is 8.93. The van der Waals surface area contributed by atoms with E-state index in [1.54, 1.807) is 5.56 Å². The van der Waals surface area contributed by atoms with Crippen molar-refractivity contribution < 1.29 is 0 Å². The molecule has 0 saturated carbocycles. The maximum atomic E-state index is 3.56. The molecule has 1 fully saturated rings. The van der Waals surface area contributed by atoms with Gasteiger partial charge in [0.1, 0.15) is 0 Å². The van der Waals surface area contributed by atoms with E-state index in [0.29, 0.717) is 0 Å². The molecule has 2 aliphatic rings. The number of fused-ring (bicyclic) bond motifs is 1. The van der Waals surface area contributed by atoms with Gasteiger partial charge in [-0.3, -0.25) is 0 Å². The van der Waals surface area contributed by atoms with E-state index in [-0.39, 0.29) is 0 Å². The Morgan fingerprint density at radius 3 is 2.83 bits per heavy atom. The molecule has 0 aliphatic carbocycles. The molecule has 0 bridgehead atoms. The van der Waals surface area contributed by atoms with Crippen LogP contribution < -0.4 is 5.32 Å². The zero-order valence-electron chi connectivity index (χ0n) is 11.2. The normalized spacial score (nSPS) is 24.8. The lowest BCUT2D eigenvalue weighted by Crippen LogP contribution is -2.34. The molecule has 2 nitrogen and oxygen atoms in total. The summed E-state index contributed by atoms with van der Waals surface area (Å²) in [6, 6.07) is 8.96. The lowest BCUT2D eigenvalue weighted by molar-refractivity contribution is 0.219. The molecule has 18 heavy (non-hydrogen) atoms. The average Bonchev–Trinajstić information content (AvgIpc) is 2.46. The van der Waals surface area contributed by atoms with Gasteiger partial charge in [0.2, 0.25) is 0 Å². The number of nitrogens with zero attached hydrogens (tertiary/aromatic N) is 1. The first kappa shape index (κ1) is 12.2. The van der Waals surface area contributed by atoms with Crippen molar-refractivity contribution in [1.29, 1.82) is 0 Å². The van der Waals surface area contributed by atoms with Crippen LogP contribution >= 0.6 is 0 Å². The standard InChI is InChI=1S/C16H24N2/c1-4-9-18(10-5-1)11-8-15-13-17-12-14-6-2-3-7-16(14)15/h2-3,6-7,15,17H,1,4-5,8-13H2. The van der Waals surface area contributed by atoms with E-state index in [1.807, 2.05) is 0 Å². The summed E-state index contributed by atoms with van der Waals surface area (Å²) in [5.74, 6) is 0.719. The molecule has 1 atom stereocenters. The number of hydrogen-bond acceptors (Lipinski definition) is 2. The Morgan fingerprint density at radius 1 is 1.11 bits per heavy atom. The maximum Gasteiger partial charge on any atom is 0.0208 e. The van der Waals surface area contributed by atoms with Crippen molar-refractivity contribution in [3.8, 4) is 0 Å². The van der Waals surface area contributed by atoms with E-state index < -0.39 is 0 Å². The first-order valence-corrected chi connectivity index (χ1v) is 7.44. The van der Waals surface area contributed by atoms with E-state index in [2.05, 4.69) is 34.5 Å². The molecule has 1 aromatic rings. The van der Waals surface area contributed by atoms with Gasteiger partial charge in [-0.25, -0.2) is 0 Å². The zero-order chi connectivity index (χ0) is 12.2. The van der Waals surface area contributed by atoms with Crippen molar-refractivity contribution in [2.45, 2.75) is 38.1 Å². The van der Waals surface area contributed by atoms with Crippen LogP contribution in [0.3, 0.4) is 0 Å². The van der Waals surface area contributed by atoms with Gasteiger partial charge >= 0.3 is 0 Å². The van der Waals surface area contributed by atoms with E-state index in [4.69, 9.17) is 0 Å². The summed E-state index contributed by atoms with van der Waals surface area (Å²) in [6.07, 6.45) is 5.55. The summed E-state index contributed by atoms with van der Waals surface area (Å²) >= 11 is 0. The number of rotatable bonds is 3. The Balaban J connectivity index is 1.60. The summed E-state index contributed by atoms with van der Waals surface area (Å²) in [5, 5.41) is 3.56. The molecule has 1 saturated heterocycles. The van der Waals surface area contributed by atoms with Gasteiger partial charge in [-0.1, -0.05) is 30.7 Å². The van der Waals surface area contributed by atoms with Gasteiger partial charge in [-0.05, 0) is 55.9 Å². The smallest absolute Gasteiger partial charge is 0.0208 e. The van der Waals surface area contributed by atoms with E-state index >= 15 is 0 Å². The number of piperidine rings is 1. The first-order valence-electron chi connectivity index (χ1n) is 7.44. The Labute approximate surface area is 110 Å². The second-order valence-electron chi connectivity index (χ2n) is 5.72. The molecule has 3 rings (SSSR count). The van der Waals surface area contributed by atoms with Crippen molar-refractivity contribution in [3.63, 3.8) is 0 Å². The highest BCUT2D eigenvalue weighted by Gasteiger charge is 2.20. The van der Waals surface area contributed by atoms with Crippen LogP contribution in [-0.4, -0.2) is 31.1 Å². The van der Waals surface area contributed by atoms with E-state index in [1.165, 1.54) is 50.9 Å². The van der Waals surface area contributed by atoms with Crippen molar-refractivity contribution in [2.24, 2.45) is 0 Å². The highest BCUT2D eigenvalue weighted by Crippen LogP contribution is 2.27. The van der Waals surface area contributed by atoms with Gasteiger partial charge < -0.3 is 10.2 Å². The van der Waals surface area contributed by atoms with Gasteiger partial charge in [0.25, 0.3) is 0 Å². The monoisotopic (exact) mass is 244 g/mol. The van der Waals surface area contributed by atoms with E-state index in [9.17, 15) is 0 Å². The minimum absolute atomic E-state index is 0.719. The second kappa shape index (κ2) is 5.85. The third kappa shape index (κ3) is 2.76. The Kier molecular flexibility index (Phi) is 3.96. The number of nitrogens with one attached hydrogen (secondary N) is 1. The fraction of sp³-hybridized carbons (Fsp3) is 0.625. The Morgan fingerprint density at radius 2 is 1.94 bits per heavy atom. The molecule has 98 valence electrons. The van der Waals surface area contributed by atoms with Gasteiger partial charge in [-0.2, -0.15) is 0 Å². The van der Waals surface area contributed by atoms with Crippen LogP contribution in [0, 0.1) is 0 Å². The minimum Gasteiger partial charge on any atom is -0.312 e. The van der Waals surface area contributed by atoms with Crippen LogP contribution in [0.5, 0.6) is 0 Å². The molecule has 1 unspecified atom stereocenters. The third-order valence-electron chi connectivity index (χ3n) is 4.44.